The Morgan fingerprint density at radius 3 is 2.76 bits per heavy atom. The second kappa shape index (κ2) is 6.52. The van der Waals surface area contributed by atoms with Gasteiger partial charge in [0.05, 0.1) is 0 Å². The molecule has 2 atom stereocenters. The summed E-state index contributed by atoms with van der Waals surface area (Å²) in [4.78, 5) is 20.9. The van der Waals surface area contributed by atoms with Crippen LogP contribution >= 0.6 is 0 Å². The third-order valence-corrected chi connectivity index (χ3v) is 4.38. The van der Waals surface area contributed by atoms with Crippen molar-refractivity contribution in [1.82, 2.24) is 20.6 Å². The summed E-state index contributed by atoms with van der Waals surface area (Å²) in [6.07, 6.45) is 8.94. The van der Waals surface area contributed by atoms with Gasteiger partial charge in [0.2, 0.25) is 5.91 Å². The molecule has 5 heteroatoms. The largest absolute Gasteiger partial charge is 0.356 e. The van der Waals surface area contributed by atoms with Crippen molar-refractivity contribution in [3.05, 3.63) is 23.8 Å². The third-order valence-electron chi connectivity index (χ3n) is 4.38. The van der Waals surface area contributed by atoms with Crippen LogP contribution in [-0.2, 0) is 11.2 Å². The Hall–Kier alpha value is -1.49. The standard InChI is InChI=1S/C16H24N4O/c1-11-8-14(5-7-17-11)16(21)18-6-4-12-9-19-15(20-10-12)13-2-3-13/h9-11,13-14,17H,2-8H2,1H3,(H,18,21)/t11-,14-/m0/s1. The summed E-state index contributed by atoms with van der Waals surface area (Å²) in [5, 5.41) is 6.42. The predicted octanol–water partition coefficient (Wildman–Crippen LogP) is 1.40. The average Bonchev–Trinajstić information content (AvgIpc) is 3.32. The summed E-state index contributed by atoms with van der Waals surface area (Å²) in [6.45, 7) is 3.75. The first-order chi connectivity index (χ1) is 10.2. The first kappa shape index (κ1) is 14.4. The second-order valence-corrected chi connectivity index (χ2v) is 6.34. The number of carbonyl (C=O) groups is 1. The van der Waals surface area contributed by atoms with E-state index in [1.165, 1.54) is 12.8 Å². The number of piperidine rings is 1. The number of hydrogen-bond donors (Lipinski definition) is 2. The van der Waals surface area contributed by atoms with Crippen LogP contribution in [0, 0.1) is 5.92 Å². The van der Waals surface area contributed by atoms with Crippen molar-refractivity contribution in [2.24, 2.45) is 5.92 Å². The van der Waals surface area contributed by atoms with Crippen LogP contribution in [-0.4, -0.2) is 35.0 Å². The molecule has 1 aliphatic carbocycles. The van der Waals surface area contributed by atoms with Gasteiger partial charge in [-0.2, -0.15) is 0 Å². The van der Waals surface area contributed by atoms with E-state index in [2.05, 4.69) is 27.5 Å². The molecule has 0 radical (unpaired) electrons. The fourth-order valence-electron chi connectivity index (χ4n) is 2.89. The highest BCUT2D eigenvalue weighted by Gasteiger charge is 2.26. The molecular formula is C16H24N4O. The SMILES string of the molecule is C[C@H]1C[C@@H](C(=O)NCCc2cnc(C3CC3)nc2)CCN1. The van der Waals surface area contributed by atoms with E-state index < -0.39 is 0 Å². The van der Waals surface area contributed by atoms with E-state index in [0.717, 1.165) is 37.2 Å². The van der Waals surface area contributed by atoms with Crippen molar-refractivity contribution in [2.75, 3.05) is 13.1 Å². The topological polar surface area (TPSA) is 66.9 Å². The fraction of sp³-hybridized carbons (Fsp3) is 0.688. The number of rotatable bonds is 5. The average molecular weight is 288 g/mol. The highest BCUT2D eigenvalue weighted by Crippen LogP contribution is 2.37. The van der Waals surface area contributed by atoms with Crippen molar-refractivity contribution in [2.45, 2.75) is 51.0 Å². The van der Waals surface area contributed by atoms with E-state index >= 15 is 0 Å². The number of nitrogens with zero attached hydrogens (tertiary/aromatic N) is 2. The molecule has 114 valence electrons. The van der Waals surface area contributed by atoms with Crippen molar-refractivity contribution in [3.63, 3.8) is 0 Å². The van der Waals surface area contributed by atoms with Gasteiger partial charge >= 0.3 is 0 Å². The molecule has 2 fully saturated rings. The molecule has 1 aliphatic heterocycles. The third kappa shape index (κ3) is 4.00. The number of nitrogens with one attached hydrogen (secondary N) is 2. The molecule has 0 bridgehead atoms. The van der Waals surface area contributed by atoms with Gasteiger partial charge in [-0.15, -0.1) is 0 Å². The molecular weight excluding hydrogens is 264 g/mol. The van der Waals surface area contributed by atoms with E-state index in [1.807, 2.05) is 12.4 Å². The maximum atomic E-state index is 12.1. The zero-order valence-corrected chi connectivity index (χ0v) is 12.6. The molecule has 0 unspecified atom stereocenters. The minimum atomic E-state index is 0.162. The summed E-state index contributed by atoms with van der Waals surface area (Å²) >= 11 is 0. The van der Waals surface area contributed by atoms with Crippen molar-refractivity contribution in [1.29, 1.82) is 0 Å². The molecule has 1 amide bonds. The molecule has 21 heavy (non-hydrogen) atoms. The number of carbonyl (C=O) groups excluding carboxylic acids is 1. The summed E-state index contributed by atoms with van der Waals surface area (Å²) in [7, 11) is 0. The Kier molecular flexibility index (Phi) is 4.48. The Morgan fingerprint density at radius 2 is 2.10 bits per heavy atom. The molecule has 0 aromatic carbocycles. The molecule has 1 aromatic rings. The van der Waals surface area contributed by atoms with Crippen LogP contribution in [0.15, 0.2) is 12.4 Å². The van der Waals surface area contributed by atoms with Crippen LogP contribution in [0.4, 0.5) is 0 Å². The Morgan fingerprint density at radius 1 is 1.33 bits per heavy atom. The van der Waals surface area contributed by atoms with Gasteiger partial charge < -0.3 is 10.6 Å². The summed E-state index contributed by atoms with van der Waals surface area (Å²) in [6, 6.07) is 0.442. The lowest BCUT2D eigenvalue weighted by molar-refractivity contribution is -0.126. The Bertz CT molecular complexity index is 484. The van der Waals surface area contributed by atoms with Crippen LogP contribution in [0.3, 0.4) is 0 Å². The lowest BCUT2D eigenvalue weighted by Gasteiger charge is -2.27. The van der Waals surface area contributed by atoms with Gasteiger partial charge in [-0.25, -0.2) is 9.97 Å². The van der Waals surface area contributed by atoms with Crippen molar-refractivity contribution < 1.29 is 4.79 Å². The molecule has 3 rings (SSSR count). The predicted molar refractivity (Wildman–Crippen MR) is 80.9 cm³/mol. The van der Waals surface area contributed by atoms with E-state index in [4.69, 9.17) is 0 Å². The van der Waals surface area contributed by atoms with Crippen LogP contribution in [0.25, 0.3) is 0 Å². The summed E-state index contributed by atoms with van der Waals surface area (Å²) in [5.74, 6) is 1.93. The zero-order chi connectivity index (χ0) is 14.7. The maximum Gasteiger partial charge on any atom is 0.223 e. The quantitative estimate of drug-likeness (QED) is 0.859. The molecule has 5 nitrogen and oxygen atoms in total. The minimum absolute atomic E-state index is 0.162. The molecule has 2 aliphatic rings. The van der Waals surface area contributed by atoms with Gasteiger partial charge in [-0.05, 0) is 51.1 Å². The number of amides is 1. The summed E-state index contributed by atoms with van der Waals surface area (Å²) < 4.78 is 0. The van der Waals surface area contributed by atoms with Crippen LogP contribution in [0.5, 0.6) is 0 Å². The fourth-order valence-corrected chi connectivity index (χ4v) is 2.89. The van der Waals surface area contributed by atoms with Crippen LogP contribution in [0.1, 0.15) is 49.9 Å². The Labute approximate surface area is 125 Å². The summed E-state index contributed by atoms with van der Waals surface area (Å²) in [5.41, 5.74) is 1.10. The second-order valence-electron chi connectivity index (χ2n) is 6.34. The minimum Gasteiger partial charge on any atom is -0.356 e. The van der Waals surface area contributed by atoms with Crippen LogP contribution in [0.2, 0.25) is 0 Å². The van der Waals surface area contributed by atoms with Gasteiger partial charge in [0.1, 0.15) is 5.82 Å². The van der Waals surface area contributed by atoms with Gasteiger partial charge in [0.25, 0.3) is 0 Å². The molecule has 2 N–H and O–H groups in total. The first-order valence-corrected chi connectivity index (χ1v) is 8.04. The maximum absolute atomic E-state index is 12.1. The number of aromatic nitrogens is 2. The van der Waals surface area contributed by atoms with E-state index in [9.17, 15) is 4.79 Å². The van der Waals surface area contributed by atoms with Gasteiger partial charge in [0.15, 0.2) is 0 Å². The molecule has 2 heterocycles. The molecule has 1 saturated heterocycles. The van der Waals surface area contributed by atoms with E-state index in [-0.39, 0.29) is 11.8 Å². The monoisotopic (exact) mass is 288 g/mol. The smallest absolute Gasteiger partial charge is 0.223 e. The normalized spacial score (nSPS) is 25.6. The zero-order valence-electron chi connectivity index (χ0n) is 12.6. The molecule has 0 spiro atoms. The van der Waals surface area contributed by atoms with Crippen molar-refractivity contribution in [3.8, 4) is 0 Å². The van der Waals surface area contributed by atoms with Crippen molar-refractivity contribution >= 4 is 5.91 Å². The Balaban J connectivity index is 1.41. The van der Waals surface area contributed by atoms with Gasteiger partial charge in [-0.1, -0.05) is 0 Å². The van der Waals surface area contributed by atoms with E-state index in [0.29, 0.717) is 18.5 Å². The molecule has 1 aromatic heterocycles. The highest BCUT2D eigenvalue weighted by molar-refractivity contribution is 5.78. The van der Waals surface area contributed by atoms with Crippen LogP contribution < -0.4 is 10.6 Å². The van der Waals surface area contributed by atoms with Gasteiger partial charge in [0, 0.05) is 36.8 Å². The van der Waals surface area contributed by atoms with Gasteiger partial charge in [-0.3, -0.25) is 4.79 Å². The number of hydrogen-bond acceptors (Lipinski definition) is 4. The lowest BCUT2D eigenvalue weighted by atomic mass is 9.92. The highest BCUT2D eigenvalue weighted by atomic mass is 16.1. The van der Waals surface area contributed by atoms with E-state index in [1.54, 1.807) is 0 Å². The lowest BCUT2D eigenvalue weighted by Crippen LogP contribution is -2.42. The molecule has 1 saturated carbocycles. The first-order valence-electron chi connectivity index (χ1n) is 8.04.